The van der Waals surface area contributed by atoms with E-state index in [1.807, 2.05) is 0 Å². The molecule has 1 heteroatoms. The first kappa shape index (κ1) is 9.52. The Bertz CT molecular complexity index is 109. The van der Waals surface area contributed by atoms with Gasteiger partial charge in [0.2, 0.25) is 0 Å². The van der Waals surface area contributed by atoms with Crippen LogP contribution in [0.2, 0.25) is 0 Å². The van der Waals surface area contributed by atoms with Gasteiger partial charge in [0.05, 0.1) is 0 Å². The normalized spacial score (nSPS) is 33.8. The summed E-state index contributed by atoms with van der Waals surface area (Å²) in [5, 5.41) is 0. The molecule has 0 aromatic carbocycles. The molecule has 0 amide bonds. The highest BCUT2D eigenvalue weighted by Gasteiger charge is 2.25. The zero-order valence-electron chi connectivity index (χ0n) is 8.06. The highest BCUT2D eigenvalue weighted by molar-refractivity contribution is 7.37. The second-order valence-electron chi connectivity index (χ2n) is 4.09. The SMILES string of the molecule is CP[C@H]1CCCC[C@H]1C(C)C. The summed E-state index contributed by atoms with van der Waals surface area (Å²) < 4.78 is 0. The van der Waals surface area contributed by atoms with Crippen LogP contribution in [0, 0.1) is 11.8 Å². The molecule has 1 fully saturated rings. The van der Waals surface area contributed by atoms with Gasteiger partial charge >= 0.3 is 0 Å². The van der Waals surface area contributed by atoms with E-state index in [1.165, 1.54) is 34.3 Å². The van der Waals surface area contributed by atoms with Gasteiger partial charge in [-0.15, -0.1) is 8.58 Å². The Morgan fingerprint density at radius 1 is 1.18 bits per heavy atom. The molecule has 0 spiro atoms. The first-order valence-corrected chi connectivity index (χ1v) is 6.50. The molecule has 66 valence electrons. The highest BCUT2D eigenvalue weighted by atomic mass is 31.1. The summed E-state index contributed by atoms with van der Waals surface area (Å²) in [5.74, 6) is 1.97. The first-order chi connectivity index (χ1) is 5.25. The molecule has 1 aliphatic carbocycles. The third-order valence-corrected chi connectivity index (χ3v) is 4.50. The largest absolute Gasteiger partial charge is 0.122 e. The molecule has 0 aromatic heterocycles. The van der Waals surface area contributed by atoms with Crippen molar-refractivity contribution < 1.29 is 0 Å². The summed E-state index contributed by atoms with van der Waals surface area (Å²) in [5.41, 5.74) is 1.07. The van der Waals surface area contributed by atoms with Crippen LogP contribution in [0.1, 0.15) is 39.5 Å². The third kappa shape index (κ3) is 2.44. The van der Waals surface area contributed by atoms with E-state index in [0.29, 0.717) is 0 Å². The molecular weight excluding hydrogens is 151 g/mol. The zero-order chi connectivity index (χ0) is 8.27. The van der Waals surface area contributed by atoms with Crippen molar-refractivity contribution in [3.63, 3.8) is 0 Å². The van der Waals surface area contributed by atoms with Gasteiger partial charge in [0.25, 0.3) is 0 Å². The molecule has 1 aliphatic rings. The summed E-state index contributed by atoms with van der Waals surface area (Å²) >= 11 is 0. The lowest BCUT2D eigenvalue weighted by Gasteiger charge is -2.33. The van der Waals surface area contributed by atoms with Crippen LogP contribution in [0.15, 0.2) is 0 Å². The Hall–Kier alpha value is 0.430. The molecule has 1 saturated carbocycles. The topological polar surface area (TPSA) is 0 Å². The van der Waals surface area contributed by atoms with Crippen molar-refractivity contribution in [2.24, 2.45) is 11.8 Å². The summed E-state index contributed by atoms with van der Waals surface area (Å²) in [4.78, 5) is 0. The molecule has 1 rings (SSSR count). The van der Waals surface area contributed by atoms with Crippen LogP contribution in [0.25, 0.3) is 0 Å². The molecule has 0 nitrogen and oxygen atoms in total. The fourth-order valence-corrected chi connectivity index (χ4v) is 3.79. The second kappa shape index (κ2) is 4.45. The van der Waals surface area contributed by atoms with Crippen molar-refractivity contribution in [3.8, 4) is 0 Å². The lowest BCUT2D eigenvalue weighted by molar-refractivity contribution is 0.288. The summed E-state index contributed by atoms with van der Waals surface area (Å²) in [6.07, 6.45) is 6.00. The van der Waals surface area contributed by atoms with Crippen LogP contribution in [0.5, 0.6) is 0 Å². The van der Waals surface area contributed by atoms with Crippen molar-refractivity contribution in [2.75, 3.05) is 6.66 Å². The Balaban J connectivity index is 2.44. The van der Waals surface area contributed by atoms with Gasteiger partial charge < -0.3 is 0 Å². The van der Waals surface area contributed by atoms with E-state index in [0.717, 1.165) is 17.5 Å². The smallest absolute Gasteiger partial charge is 0.0208 e. The standard InChI is InChI=1S/C10H21P/c1-8(2)9-6-4-5-7-10(9)11-3/h8-11H,4-7H2,1-3H3/t9-,10-/m0/s1. The lowest BCUT2D eigenvalue weighted by Crippen LogP contribution is -2.25. The van der Waals surface area contributed by atoms with Gasteiger partial charge in [0, 0.05) is 0 Å². The van der Waals surface area contributed by atoms with Gasteiger partial charge in [-0.2, -0.15) is 0 Å². The predicted molar refractivity (Wildman–Crippen MR) is 54.8 cm³/mol. The molecule has 11 heavy (non-hydrogen) atoms. The van der Waals surface area contributed by atoms with E-state index in [1.54, 1.807) is 0 Å². The van der Waals surface area contributed by atoms with Crippen LogP contribution in [-0.4, -0.2) is 12.3 Å². The summed E-state index contributed by atoms with van der Waals surface area (Å²) in [6, 6.07) is 0. The van der Waals surface area contributed by atoms with Gasteiger partial charge in [-0.1, -0.05) is 26.7 Å². The van der Waals surface area contributed by atoms with Gasteiger partial charge in [0.15, 0.2) is 0 Å². The fraction of sp³-hybridized carbons (Fsp3) is 1.00. The molecule has 0 radical (unpaired) electrons. The lowest BCUT2D eigenvalue weighted by atomic mass is 9.81. The average molecular weight is 172 g/mol. The Kier molecular flexibility index (Phi) is 3.85. The molecule has 3 atom stereocenters. The van der Waals surface area contributed by atoms with Crippen LogP contribution in [0.4, 0.5) is 0 Å². The van der Waals surface area contributed by atoms with Crippen molar-refractivity contribution >= 4 is 8.58 Å². The molecule has 0 N–H and O–H groups in total. The van der Waals surface area contributed by atoms with E-state index in [9.17, 15) is 0 Å². The van der Waals surface area contributed by atoms with Crippen molar-refractivity contribution in [2.45, 2.75) is 45.2 Å². The van der Waals surface area contributed by atoms with Crippen LogP contribution >= 0.6 is 8.58 Å². The van der Waals surface area contributed by atoms with Crippen molar-refractivity contribution in [1.29, 1.82) is 0 Å². The molecule has 0 bridgehead atoms. The summed E-state index contributed by atoms with van der Waals surface area (Å²) in [6.45, 7) is 7.16. The number of hydrogen-bond acceptors (Lipinski definition) is 0. The van der Waals surface area contributed by atoms with E-state index < -0.39 is 0 Å². The second-order valence-corrected chi connectivity index (χ2v) is 5.41. The highest BCUT2D eigenvalue weighted by Crippen LogP contribution is 2.39. The maximum absolute atomic E-state index is 2.39. The van der Waals surface area contributed by atoms with E-state index in [-0.39, 0.29) is 0 Å². The maximum atomic E-state index is 2.39. The van der Waals surface area contributed by atoms with Gasteiger partial charge in [-0.25, -0.2) is 0 Å². The molecule has 0 heterocycles. The predicted octanol–water partition coefficient (Wildman–Crippen LogP) is 3.51. The van der Waals surface area contributed by atoms with Gasteiger partial charge in [-0.3, -0.25) is 0 Å². The van der Waals surface area contributed by atoms with E-state index in [2.05, 4.69) is 20.5 Å². The monoisotopic (exact) mass is 172 g/mol. The van der Waals surface area contributed by atoms with Gasteiger partial charge in [0.1, 0.15) is 0 Å². The Morgan fingerprint density at radius 3 is 2.27 bits per heavy atom. The maximum Gasteiger partial charge on any atom is -0.0208 e. The number of rotatable bonds is 2. The quantitative estimate of drug-likeness (QED) is 0.559. The third-order valence-electron chi connectivity index (χ3n) is 3.05. The van der Waals surface area contributed by atoms with Crippen molar-refractivity contribution in [1.82, 2.24) is 0 Å². The Labute approximate surface area is 72.9 Å². The molecular formula is C10H21P. The fourth-order valence-electron chi connectivity index (χ4n) is 2.32. The minimum atomic E-state index is 0.924. The summed E-state index contributed by atoms with van der Waals surface area (Å²) in [7, 11) is 1.18. The molecule has 0 saturated heterocycles. The van der Waals surface area contributed by atoms with Crippen LogP contribution in [0.3, 0.4) is 0 Å². The van der Waals surface area contributed by atoms with E-state index in [4.69, 9.17) is 0 Å². The minimum absolute atomic E-state index is 0.924. The van der Waals surface area contributed by atoms with Crippen molar-refractivity contribution in [3.05, 3.63) is 0 Å². The minimum Gasteiger partial charge on any atom is -0.122 e. The van der Waals surface area contributed by atoms with E-state index >= 15 is 0 Å². The molecule has 1 unspecified atom stereocenters. The molecule has 0 aliphatic heterocycles. The Morgan fingerprint density at radius 2 is 1.82 bits per heavy atom. The number of hydrogen-bond donors (Lipinski definition) is 0. The molecule has 0 aromatic rings. The van der Waals surface area contributed by atoms with Crippen LogP contribution < -0.4 is 0 Å². The average Bonchev–Trinajstić information content (AvgIpc) is 2.04. The van der Waals surface area contributed by atoms with Crippen LogP contribution in [-0.2, 0) is 0 Å². The first-order valence-electron chi connectivity index (χ1n) is 4.93. The zero-order valence-corrected chi connectivity index (χ0v) is 9.06. The van der Waals surface area contributed by atoms with Gasteiger partial charge in [-0.05, 0) is 37.0 Å².